The van der Waals surface area contributed by atoms with E-state index in [1.807, 2.05) is 56.3 Å². The van der Waals surface area contributed by atoms with E-state index in [2.05, 4.69) is 18.3 Å². The monoisotopic (exact) mass is 375 g/mol. The van der Waals surface area contributed by atoms with Crippen LogP contribution in [-0.4, -0.2) is 7.11 Å². The Kier molecular flexibility index (Phi) is 5.78. The molecule has 3 rings (SSSR count). The predicted molar refractivity (Wildman–Crippen MR) is 115 cm³/mol. The lowest BCUT2D eigenvalue weighted by atomic mass is 9.97. The molecule has 28 heavy (non-hydrogen) atoms. The smallest absolute Gasteiger partial charge is 0.119 e. The Labute approximate surface area is 167 Å². The largest absolute Gasteiger partial charge is 0.860 e. The van der Waals surface area contributed by atoms with Gasteiger partial charge in [-0.3, -0.25) is 0 Å². The summed E-state index contributed by atoms with van der Waals surface area (Å²) in [5.74, 6) is 0.654. The minimum atomic E-state index is -0.103. The molecule has 0 amide bonds. The van der Waals surface area contributed by atoms with E-state index in [9.17, 15) is 5.11 Å². The summed E-state index contributed by atoms with van der Waals surface area (Å²) in [6.45, 7) is 6.12. The summed E-state index contributed by atoms with van der Waals surface area (Å²) >= 11 is 0. The summed E-state index contributed by atoms with van der Waals surface area (Å²) in [5, 5.41) is 16.1. The number of hydrogen-bond acceptors (Lipinski definition) is 4. The van der Waals surface area contributed by atoms with Crippen molar-refractivity contribution in [3.8, 4) is 5.75 Å². The summed E-state index contributed by atoms with van der Waals surface area (Å²) in [4.78, 5) is 0. The summed E-state index contributed by atoms with van der Waals surface area (Å²) in [5.41, 5.74) is 13.8. The number of benzene rings is 2. The van der Waals surface area contributed by atoms with Crippen LogP contribution in [0.15, 0.2) is 71.1 Å². The van der Waals surface area contributed by atoms with Crippen LogP contribution < -0.4 is 20.9 Å². The minimum absolute atomic E-state index is 0.103. The van der Waals surface area contributed by atoms with Crippen LogP contribution in [-0.2, 0) is 0 Å². The van der Waals surface area contributed by atoms with Crippen LogP contribution in [0.3, 0.4) is 0 Å². The zero-order valence-corrected chi connectivity index (χ0v) is 16.9. The van der Waals surface area contributed by atoms with E-state index in [0.717, 1.165) is 52.2 Å². The number of methoxy groups -OCH3 is 1. The van der Waals surface area contributed by atoms with Gasteiger partial charge in [0, 0.05) is 11.4 Å². The minimum Gasteiger partial charge on any atom is -0.860 e. The number of aryl methyl sites for hydroxylation is 1. The highest BCUT2D eigenvalue weighted by molar-refractivity contribution is 5.74. The first-order chi connectivity index (χ1) is 13.4. The van der Waals surface area contributed by atoms with Crippen molar-refractivity contribution in [2.24, 2.45) is 0 Å². The molecule has 0 spiro atoms. The molecule has 0 heterocycles. The molecule has 0 aromatic heterocycles. The van der Waals surface area contributed by atoms with Crippen LogP contribution in [0.1, 0.15) is 37.8 Å². The SMILES string of the molecule is COc1ccc(NC([O-])=C2C=C(c3ccc(N)c(C)c3)CCC(C)=C2C)cc1. The van der Waals surface area contributed by atoms with Crippen LogP contribution in [0.2, 0.25) is 0 Å². The van der Waals surface area contributed by atoms with Gasteiger partial charge in [0.25, 0.3) is 0 Å². The van der Waals surface area contributed by atoms with Crippen molar-refractivity contribution in [3.63, 3.8) is 0 Å². The van der Waals surface area contributed by atoms with E-state index in [1.165, 1.54) is 5.57 Å². The number of hydrogen-bond donors (Lipinski definition) is 2. The van der Waals surface area contributed by atoms with Gasteiger partial charge in [-0.15, -0.1) is 0 Å². The second-order valence-corrected chi connectivity index (χ2v) is 7.24. The van der Waals surface area contributed by atoms with Crippen LogP contribution in [0.4, 0.5) is 11.4 Å². The Hall–Kier alpha value is -3.14. The van der Waals surface area contributed by atoms with Crippen molar-refractivity contribution in [2.75, 3.05) is 18.2 Å². The van der Waals surface area contributed by atoms with Crippen molar-refractivity contribution in [1.29, 1.82) is 0 Å². The lowest BCUT2D eigenvalue weighted by Crippen LogP contribution is -2.17. The summed E-state index contributed by atoms with van der Waals surface area (Å²) in [6, 6.07) is 13.4. The highest BCUT2D eigenvalue weighted by Crippen LogP contribution is 2.33. The molecule has 0 aliphatic heterocycles. The first-order valence-corrected chi connectivity index (χ1v) is 9.45. The van der Waals surface area contributed by atoms with Gasteiger partial charge in [-0.25, -0.2) is 0 Å². The zero-order valence-electron chi connectivity index (χ0n) is 16.9. The molecule has 0 saturated heterocycles. The van der Waals surface area contributed by atoms with Crippen LogP contribution in [0.25, 0.3) is 5.57 Å². The van der Waals surface area contributed by atoms with Crippen LogP contribution in [0.5, 0.6) is 5.75 Å². The van der Waals surface area contributed by atoms with Gasteiger partial charge in [0.2, 0.25) is 0 Å². The number of nitrogens with two attached hydrogens (primary N) is 1. The zero-order chi connectivity index (χ0) is 20.3. The van der Waals surface area contributed by atoms with Crippen molar-refractivity contribution < 1.29 is 9.84 Å². The Morgan fingerprint density at radius 2 is 1.75 bits per heavy atom. The Morgan fingerprint density at radius 3 is 2.39 bits per heavy atom. The number of nitrogen functional groups attached to an aromatic ring is 1. The predicted octanol–water partition coefficient (Wildman–Crippen LogP) is 4.78. The van der Waals surface area contributed by atoms with Gasteiger partial charge < -0.3 is 20.9 Å². The quantitative estimate of drug-likeness (QED) is 0.596. The molecule has 0 unspecified atom stereocenters. The van der Waals surface area contributed by atoms with Crippen molar-refractivity contribution in [2.45, 2.75) is 33.6 Å². The summed E-state index contributed by atoms with van der Waals surface area (Å²) in [7, 11) is 1.62. The molecule has 0 fully saturated rings. The first-order valence-electron chi connectivity index (χ1n) is 9.45. The standard InChI is InChI=1S/C24H28N2O2/c1-15-5-6-19(18-7-12-23(25)16(2)13-18)14-22(17(15)3)24(27)26-20-8-10-21(28-4)11-9-20/h7-14,26-27H,5-6,25H2,1-4H3/p-1. The third-order valence-corrected chi connectivity index (χ3v) is 5.37. The highest BCUT2D eigenvalue weighted by atomic mass is 16.5. The van der Waals surface area contributed by atoms with Gasteiger partial charge in [0.05, 0.1) is 7.11 Å². The second kappa shape index (κ2) is 8.26. The normalized spacial score (nSPS) is 16.4. The summed E-state index contributed by atoms with van der Waals surface area (Å²) < 4.78 is 5.18. The highest BCUT2D eigenvalue weighted by Gasteiger charge is 2.13. The number of ether oxygens (including phenoxy) is 1. The lowest BCUT2D eigenvalue weighted by Gasteiger charge is -2.21. The van der Waals surface area contributed by atoms with E-state index < -0.39 is 0 Å². The van der Waals surface area contributed by atoms with Gasteiger partial charge in [-0.05, 0) is 104 Å². The van der Waals surface area contributed by atoms with Gasteiger partial charge in [-0.1, -0.05) is 17.7 Å². The maximum atomic E-state index is 13.1. The molecule has 2 aromatic carbocycles. The third-order valence-electron chi connectivity index (χ3n) is 5.37. The molecular weight excluding hydrogens is 348 g/mol. The fourth-order valence-corrected chi connectivity index (χ4v) is 3.31. The molecule has 1 aliphatic rings. The van der Waals surface area contributed by atoms with Crippen molar-refractivity contribution >= 4 is 16.9 Å². The number of anilines is 2. The maximum absolute atomic E-state index is 13.1. The van der Waals surface area contributed by atoms with E-state index in [1.54, 1.807) is 7.11 Å². The molecular formula is C24H27N2O2-. The first kappa shape index (κ1) is 19.6. The van der Waals surface area contributed by atoms with Crippen molar-refractivity contribution in [3.05, 3.63) is 82.3 Å². The fourth-order valence-electron chi connectivity index (χ4n) is 3.31. The van der Waals surface area contributed by atoms with E-state index >= 15 is 0 Å². The maximum Gasteiger partial charge on any atom is 0.119 e. The molecule has 4 heteroatoms. The molecule has 2 aromatic rings. The van der Waals surface area contributed by atoms with Crippen molar-refractivity contribution in [1.82, 2.24) is 0 Å². The number of allylic oxidation sites excluding steroid dienone is 5. The molecule has 4 nitrogen and oxygen atoms in total. The molecule has 1 aliphatic carbocycles. The molecule has 0 radical (unpaired) electrons. The summed E-state index contributed by atoms with van der Waals surface area (Å²) in [6.07, 6.45) is 3.85. The van der Waals surface area contributed by atoms with Crippen LogP contribution in [0, 0.1) is 6.92 Å². The van der Waals surface area contributed by atoms with Gasteiger partial charge in [-0.2, -0.15) is 0 Å². The van der Waals surface area contributed by atoms with Crippen LogP contribution >= 0.6 is 0 Å². The molecule has 0 atom stereocenters. The Balaban J connectivity index is 2.00. The lowest BCUT2D eigenvalue weighted by molar-refractivity contribution is -0.300. The van der Waals surface area contributed by atoms with Gasteiger partial charge in [0.1, 0.15) is 5.75 Å². The molecule has 0 bridgehead atoms. The average molecular weight is 375 g/mol. The average Bonchev–Trinajstić information content (AvgIpc) is 2.84. The molecule has 3 N–H and O–H groups in total. The number of nitrogens with one attached hydrogen (secondary N) is 1. The third kappa shape index (κ3) is 4.22. The topological polar surface area (TPSA) is 70.3 Å². The number of rotatable bonds is 4. The Bertz CT molecular complexity index is 967. The Morgan fingerprint density at radius 1 is 1.04 bits per heavy atom. The van der Waals surface area contributed by atoms with E-state index in [-0.39, 0.29) is 5.88 Å². The molecule has 146 valence electrons. The second-order valence-electron chi connectivity index (χ2n) is 7.24. The van der Waals surface area contributed by atoms with E-state index in [4.69, 9.17) is 10.5 Å². The fraction of sp³-hybridized carbons (Fsp3) is 0.250. The van der Waals surface area contributed by atoms with Gasteiger partial charge >= 0.3 is 0 Å². The van der Waals surface area contributed by atoms with Gasteiger partial charge in [0.15, 0.2) is 0 Å². The molecule has 0 saturated carbocycles. The van der Waals surface area contributed by atoms with E-state index in [0.29, 0.717) is 5.57 Å².